The third-order valence-electron chi connectivity index (χ3n) is 5.15. The first-order valence-electron chi connectivity index (χ1n) is 9.56. The number of halogens is 1. The van der Waals surface area contributed by atoms with Gasteiger partial charge in [-0.2, -0.15) is 0 Å². The number of esters is 1. The maximum Gasteiger partial charge on any atom is 0.339 e. The maximum absolute atomic E-state index is 13.1. The second kappa shape index (κ2) is 7.50. The number of nitrogens with zero attached hydrogens (tertiary/aromatic N) is 1. The molecule has 0 atom stereocenters. The first kappa shape index (κ1) is 18.7. The highest BCUT2D eigenvalue weighted by Gasteiger charge is 2.20. The Bertz CT molecular complexity index is 1320. The van der Waals surface area contributed by atoms with Crippen molar-refractivity contribution in [1.29, 1.82) is 0 Å². The van der Waals surface area contributed by atoms with Gasteiger partial charge in [0.05, 0.1) is 12.1 Å². The van der Waals surface area contributed by atoms with E-state index in [4.69, 9.17) is 9.15 Å². The van der Waals surface area contributed by atoms with Gasteiger partial charge < -0.3 is 9.15 Å². The number of aromatic nitrogens is 1. The average molecular weight is 421 g/mol. The summed E-state index contributed by atoms with van der Waals surface area (Å²) in [6, 6.07) is 11.2. The Kier molecular flexibility index (Phi) is 4.67. The van der Waals surface area contributed by atoms with Crippen LogP contribution in [-0.2, 0) is 24.1 Å². The Morgan fingerprint density at radius 2 is 1.93 bits per heavy atom. The fourth-order valence-electron chi connectivity index (χ4n) is 3.76. The molecule has 0 fully saturated rings. The quantitative estimate of drug-likeness (QED) is 0.272. The Hall–Kier alpha value is -3.32. The summed E-state index contributed by atoms with van der Waals surface area (Å²) in [7, 11) is 0. The van der Waals surface area contributed by atoms with E-state index in [0.29, 0.717) is 22.0 Å². The molecule has 0 amide bonds. The van der Waals surface area contributed by atoms with Gasteiger partial charge >= 0.3 is 11.6 Å². The predicted octanol–water partition coefficient (Wildman–Crippen LogP) is 4.69. The van der Waals surface area contributed by atoms with Gasteiger partial charge in [0.1, 0.15) is 22.2 Å². The lowest BCUT2D eigenvalue weighted by Crippen LogP contribution is -2.12. The van der Waals surface area contributed by atoms with Crippen molar-refractivity contribution >= 4 is 28.3 Å². The summed E-state index contributed by atoms with van der Waals surface area (Å²) < 4.78 is 23.9. The predicted molar refractivity (Wildman–Crippen MR) is 111 cm³/mol. The van der Waals surface area contributed by atoms with E-state index < -0.39 is 5.97 Å². The Morgan fingerprint density at radius 3 is 2.77 bits per heavy atom. The van der Waals surface area contributed by atoms with Crippen LogP contribution >= 0.6 is 11.3 Å². The van der Waals surface area contributed by atoms with Gasteiger partial charge in [-0.05, 0) is 61.2 Å². The molecule has 0 radical (unpaired) electrons. The molecule has 0 saturated carbocycles. The van der Waals surface area contributed by atoms with Crippen LogP contribution in [0.1, 0.15) is 23.2 Å². The van der Waals surface area contributed by atoms with E-state index in [1.54, 1.807) is 29.6 Å². The van der Waals surface area contributed by atoms with Crippen LogP contribution in [-0.4, -0.2) is 11.0 Å². The van der Waals surface area contributed by atoms with Crippen molar-refractivity contribution in [2.24, 2.45) is 0 Å². The number of aryl methyl sites for hydroxylation is 1. The topological polar surface area (TPSA) is 69.4 Å². The van der Waals surface area contributed by atoms with Crippen LogP contribution in [0, 0.1) is 5.82 Å². The van der Waals surface area contributed by atoms with Crippen molar-refractivity contribution in [3.05, 3.63) is 80.9 Å². The number of thiazole rings is 1. The highest BCUT2D eigenvalue weighted by Crippen LogP contribution is 2.30. The minimum atomic E-state index is -0.464. The maximum atomic E-state index is 13.1. The lowest BCUT2D eigenvalue weighted by Gasteiger charge is -2.07. The van der Waals surface area contributed by atoms with Gasteiger partial charge in [0.15, 0.2) is 0 Å². The zero-order valence-electron chi connectivity index (χ0n) is 15.8. The summed E-state index contributed by atoms with van der Waals surface area (Å²) in [5.41, 5.74) is 3.28. The Labute approximate surface area is 174 Å². The van der Waals surface area contributed by atoms with Gasteiger partial charge in [0.2, 0.25) is 0 Å². The third-order valence-corrected chi connectivity index (χ3v) is 6.09. The van der Waals surface area contributed by atoms with Crippen LogP contribution in [0.4, 0.5) is 4.39 Å². The monoisotopic (exact) mass is 421 g/mol. The van der Waals surface area contributed by atoms with Crippen LogP contribution in [0.3, 0.4) is 0 Å². The van der Waals surface area contributed by atoms with Crippen molar-refractivity contribution in [3.8, 4) is 16.3 Å². The molecule has 4 aromatic rings. The number of hydrogen-bond donors (Lipinski definition) is 0. The molecule has 2 aromatic heterocycles. The van der Waals surface area contributed by atoms with Gasteiger partial charge in [-0.3, -0.25) is 4.79 Å². The lowest BCUT2D eigenvalue weighted by atomic mass is 10.1. The molecular formula is C23H16FNO4S. The number of fused-ring (bicyclic) bond motifs is 3. The largest absolute Gasteiger partial charge is 0.426 e. The molecule has 1 aliphatic rings. The van der Waals surface area contributed by atoms with Crippen molar-refractivity contribution in [2.75, 3.05) is 0 Å². The van der Waals surface area contributed by atoms with Gasteiger partial charge in [-0.1, -0.05) is 0 Å². The molecule has 0 spiro atoms. The molecule has 0 aliphatic heterocycles. The second-order valence-electron chi connectivity index (χ2n) is 7.16. The fourth-order valence-corrected chi connectivity index (χ4v) is 4.58. The molecule has 0 N–H and O–H groups in total. The Morgan fingerprint density at radius 1 is 1.13 bits per heavy atom. The van der Waals surface area contributed by atoms with E-state index >= 15 is 0 Å². The zero-order chi connectivity index (χ0) is 20.7. The molecule has 7 heteroatoms. The normalized spacial score (nSPS) is 12.8. The number of carbonyl (C=O) groups is 1. The molecule has 2 aromatic carbocycles. The van der Waals surface area contributed by atoms with Crippen LogP contribution < -0.4 is 10.4 Å². The second-order valence-corrected chi connectivity index (χ2v) is 8.02. The first-order valence-corrected chi connectivity index (χ1v) is 10.4. The molecule has 0 bridgehead atoms. The third kappa shape index (κ3) is 3.52. The van der Waals surface area contributed by atoms with E-state index in [1.165, 1.54) is 23.5 Å². The summed E-state index contributed by atoms with van der Waals surface area (Å²) in [6.45, 7) is 0. The summed E-state index contributed by atoms with van der Waals surface area (Å²) in [5, 5.41) is 3.38. The van der Waals surface area contributed by atoms with E-state index in [9.17, 15) is 14.0 Å². The number of hydrogen-bond acceptors (Lipinski definition) is 6. The van der Waals surface area contributed by atoms with Crippen molar-refractivity contribution in [1.82, 2.24) is 4.98 Å². The number of benzene rings is 2. The lowest BCUT2D eigenvalue weighted by molar-refractivity contribution is -0.133. The van der Waals surface area contributed by atoms with Crippen molar-refractivity contribution in [3.63, 3.8) is 0 Å². The molecule has 5 rings (SSSR count). The fraction of sp³-hybridized carbons (Fsp3) is 0.174. The van der Waals surface area contributed by atoms with E-state index in [0.717, 1.165) is 41.3 Å². The average Bonchev–Trinajstić information content (AvgIpc) is 3.39. The molecule has 5 nitrogen and oxygen atoms in total. The molecule has 0 unspecified atom stereocenters. The standard InChI is InChI=1S/C23H16FNO4S/c24-14-6-4-13(5-7-14)22-25-15(12-30-22)10-21(26)28-16-8-9-18-17-2-1-3-19(17)23(27)29-20(18)11-16/h4-9,11-12H,1-3,10H2. The molecule has 2 heterocycles. The smallest absolute Gasteiger partial charge is 0.339 e. The molecular weight excluding hydrogens is 405 g/mol. The van der Waals surface area contributed by atoms with Gasteiger partial charge in [-0.25, -0.2) is 14.2 Å². The number of carbonyl (C=O) groups excluding carboxylic acids is 1. The van der Waals surface area contributed by atoms with Crippen LogP contribution in [0.25, 0.3) is 21.5 Å². The van der Waals surface area contributed by atoms with Gasteiger partial charge in [0, 0.05) is 28.0 Å². The summed E-state index contributed by atoms with van der Waals surface area (Å²) in [5.74, 6) is -0.452. The summed E-state index contributed by atoms with van der Waals surface area (Å²) in [6.07, 6.45) is 2.56. The van der Waals surface area contributed by atoms with E-state index in [2.05, 4.69) is 4.98 Å². The number of ether oxygens (including phenoxy) is 1. The highest BCUT2D eigenvalue weighted by molar-refractivity contribution is 7.13. The minimum absolute atomic E-state index is 0.00384. The van der Waals surface area contributed by atoms with Gasteiger partial charge in [0.25, 0.3) is 0 Å². The van der Waals surface area contributed by atoms with Crippen LogP contribution in [0.5, 0.6) is 5.75 Å². The highest BCUT2D eigenvalue weighted by atomic mass is 32.1. The molecule has 1 aliphatic carbocycles. The summed E-state index contributed by atoms with van der Waals surface area (Å²) >= 11 is 1.38. The SMILES string of the molecule is O=C(Cc1csc(-c2ccc(F)cc2)n1)Oc1ccc2c3c(c(=O)oc2c1)CCC3. The molecule has 30 heavy (non-hydrogen) atoms. The number of rotatable bonds is 4. The minimum Gasteiger partial charge on any atom is -0.426 e. The van der Waals surface area contributed by atoms with Crippen molar-refractivity contribution in [2.45, 2.75) is 25.7 Å². The van der Waals surface area contributed by atoms with Gasteiger partial charge in [-0.15, -0.1) is 11.3 Å². The van der Waals surface area contributed by atoms with Crippen LogP contribution in [0.2, 0.25) is 0 Å². The Balaban J connectivity index is 1.32. The molecule has 0 saturated heterocycles. The van der Waals surface area contributed by atoms with Crippen LogP contribution in [0.15, 0.2) is 57.1 Å². The van der Waals surface area contributed by atoms with Crippen molar-refractivity contribution < 1.29 is 18.3 Å². The van der Waals surface area contributed by atoms with E-state index in [-0.39, 0.29) is 17.9 Å². The first-order chi connectivity index (χ1) is 14.6. The summed E-state index contributed by atoms with van der Waals surface area (Å²) in [4.78, 5) is 28.9. The van der Waals surface area contributed by atoms with E-state index in [1.807, 2.05) is 6.07 Å². The zero-order valence-corrected chi connectivity index (χ0v) is 16.6. The molecule has 150 valence electrons.